The first-order valence-electron chi connectivity index (χ1n) is 5.52. The number of carboxylic acid groups (broad SMARTS) is 1. The van der Waals surface area contributed by atoms with Gasteiger partial charge in [-0.2, -0.15) is 0 Å². The molecule has 18 heavy (non-hydrogen) atoms. The molecule has 4 nitrogen and oxygen atoms in total. The van der Waals surface area contributed by atoms with E-state index in [-0.39, 0.29) is 11.1 Å². The van der Waals surface area contributed by atoms with Crippen LogP contribution in [0.1, 0.15) is 23.0 Å². The average molecular weight is 266 g/mol. The molecule has 1 heterocycles. The lowest BCUT2D eigenvalue weighted by Crippen LogP contribution is -2.18. The molecular formula is C13H12ClNO3. The third kappa shape index (κ3) is 1.88. The molecular weight excluding hydrogens is 254 g/mol. The first-order valence-corrected chi connectivity index (χ1v) is 5.90. The molecule has 2 aromatic rings. The molecule has 5 heteroatoms. The molecule has 0 aliphatic rings. The van der Waals surface area contributed by atoms with Gasteiger partial charge in [-0.15, -0.1) is 0 Å². The second kappa shape index (κ2) is 4.46. The van der Waals surface area contributed by atoms with Crippen molar-refractivity contribution in [3.05, 3.63) is 44.7 Å². The lowest BCUT2D eigenvalue weighted by Gasteiger charge is -2.14. The van der Waals surface area contributed by atoms with Gasteiger partial charge in [-0.3, -0.25) is 4.79 Å². The summed E-state index contributed by atoms with van der Waals surface area (Å²) in [6.45, 7) is 4.12. The van der Waals surface area contributed by atoms with Crippen LogP contribution in [0.4, 0.5) is 0 Å². The molecule has 2 rings (SSSR count). The molecule has 0 atom stereocenters. The van der Waals surface area contributed by atoms with Crippen molar-refractivity contribution in [3.63, 3.8) is 0 Å². The van der Waals surface area contributed by atoms with Gasteiger partial charge in [-0.1, -0.05) is 11.6 Å². The Morgan fingerprint density at radius 2 is 2.06 bits per heavy atom. The van der Waals surface area contributed by atoms with Crippen molar-refractivity contribution in [1.82, 2.24) is 4.57 Å². The van der Waals surface area contributed by atoms with E-state index in [1.54, 1.807) is 16.7 Å². The van der Waals surface area contributed by atoms with Crippen molar-refractivity contribution in [2.24, 2.45) is 0 Å². The normalized spacial score (nSPS) is 10.8. The number of rotatable bonds is 2. The average Bonchev–Trinajstić information content (AvgIpc) is 2.29. The topological polar surface area (TPSA) is 59.3 Å². The number of hydrogen-bond donors (Lipinski definition) is 1. The van der Waals surface area contributed by atoms with E-state index in [1.807, 2.05) is 13.8 Å². The summed E-state index contributed by atoms with van der Waals surface area (Å²) in [6, 6.07) is 4.44. The number of aryl methyl sites for hydroxylation is 2. The Kier molecular flexibility index (Phi) is 3.13. The van der Waals surface area contributed by atoms with Gasteiger partial charge in [0.1, 0.15) is 5.69 Å². The summed E-state index contributed by atoms with van der Waals surface area (Å²) in [6.07, 6.45) is 0. The highest BCUT2D eigenvalue weighted by Crippen LogP contribution is 2.22. The number of pyridine rings is 1. The second-order valence-corrected chi connectivity index (χ2v) is 4.50. The summed E-state index contributed by atoms with van der Waals surface area (Å²) in [5.74, 6) is -1.11. The van der Waals surface area contributed by atoms with Gasteiger partial charge in [-0.05, 0) is 31.5 Å². The number of fused-ring (bicyclic) bond motifs is 1. The van der Waals surface area contributed by atoms with Crippen LogP contribution >= 0.6 is 11.6 Å². The number of aromatic nitrogens is 1. The highest BCUT2D eigenvalue weighted by molar-refractivity contribution is 6.31. The summed E-state index contributed by atoms with van der Waals surface area (Å²) < 4.78 is 1.62. The van der Waals surface area contributed by atoms with Crippen molar-refractivity contribution in [1.29, 1.82) is 0 Å². The predicted molar refractivity (Wildman–Crippen MR) is 70.6 cm³/mol. The molecule has 0 saturated heterocycles. The number of nitrogens with zero attached hydrogens (tertiary/aromatic N) is 1. The van der Waals surface area contributed by atoms with Crippen molar-refractivity contribution in [3.8, 4) is 0 Å². The Morgan fingerprint density at radius 1 is 1.39 bits per heavy atom. The third-order valence-corrected chi connectivity index (χ3v) is 3.11. The van der Waals surface area contributed by atoms with E-state index in [0.717, 1.165) is 11.6 Å². The Balaban J connectivity index is 3.05. The van der Waals surface area contributed by atoms with Gasteiger partial charge in [0.2, 0.25) is 0 Å². The largest absolute Gasteiger partial charge is 0.477 e. The smallest absolute Gasteiger partial charge is 0.352 e. The Bertz CT molecular complexity index is 703. The molecule has 0 amide bonds. The van der Waals surface area contributed by atoms with E-state index >= 15 is 0 Å². The van der Waals surface area contributed by atoms with Crippen LogP contribution in [0, 0.1) is 6.92 Å². The maximum Gasteiger partial charge on any atom is 0.352 e. The minimum absolute atomic E-state index is 0.000391. The van der Waals surface area contributed by atoms with Crippen LogP contribution in [0.2, 0.25) is 5.02 Å². The molecule has 1 aromatic heterocycles. The highest BCUT2D eigenvalue weighted by atomic mass is 35.5. The minimum Gasteiger partial charge on any atom is -0.477 e. The van der Waals surface area contributed by atoms with Crippen LogP contribution in [0.5, 0.6) is 0 Å². The molecule has 0 unspecified atom stereocenters. The molecule has 0 radical (unpaired) electrons. The van der Waals surface area contributed by atoms with E-state index in [1.165, 1.54) is 0 Å². The van der Waals surface area contributed by atoms with Gasteiger partial charge >= 0.3 is 5.97 Å². The SMILES string of the molecule is CCn1c(C(=O)O)cc(=O)c2cc(Cl)cc(C)c21. The summed E-state index contributed by atoms with van der Waals surface area (Å²) >= 11 is 5.93. The number of aromatic carboxylic acids is 1. The molecule has 0 aliphatic heterocycles. The number of halogens is 1. The first-order chi connectivity index (χ1) is 8.45. The zero-order valence-corrected chi connectivity index (χ0v) is 10.8. The molecule has 0 fully saturated rings. The van der Waals surface area contributed by atoms with Gasteiger partial charge in [0.15, 0.2) is 5.43 Å². The third-order valence-electron chi connectivity index (χ3n) is 2.89. The van der Waals surface area contributed by atoms with Crippen molar-refractivity contribution >= 4 is 28.5 Å². The molecule has 0 bridgehead atoms. The summed E-state index contributed by atoms with van der Waals surface area (Å²) in [5, 5.41) is 10.1. The van der Waals surface area contributed by atoms with E-state index < -0.39 is 5.97 Å². The number of benzene rings is 1. The summed E-state index contributed by atoms with van der Waals surface area (Å²) in [4.78, 5) is 23.1. The van der Waals surface area contributed by atoms with Gasteiger partial charge < -0.3 is 9.67 Å². The molecule has 0 aliphatic carbocycles. The van der Waals surface area contributed by atoms with Crippen molar-refractivity contribution in [2.75, 3.05) is 0 Å². The van der Waals surface area contributed by atoms with Crippen LogP contribution in [0.3, 0.4) is 0 Å². The quantitative estimate of drug-likeness (QED) is 0.908. The van der Waals surface area contributed by atoms with E-state index in [0.29, 0.717) is 22.5 Å². The lowest BCUT2D eigenvalue weighted by molar-refractivity contribution is 0.0685. The fourth-order valence-corrected chi connectivity index (χ4v) is 2.46. The fourth-order valence-electron chi connectivity index (χ4n) is 2.19. The van der Waals surface area contributed by atoms with E-state index in [9.17, 15) is 9.59 Å². The highest BCUT2D eigenvalue weighted by Gasteiger charge is 2.15. The predicted octanol–water partition coefficient (Wildman–Crippen LogP) is 2.68. The molecule has 0 saturated carbocycles. The Labute approximate surface area is 108 Å². The van der Waals surface area contributed by atoms with Crippen molar-refractivity contribution < 1.29 is 9.90 Å². The van der Waals surface area contributed by atoms with Gasteiger partial charge in [0.25, 0.3) is 0 Å². The molecule has 94 valence electrons. The van der Waals surface area contributed by atoms with Crippen LogP contribution < -0.4 is 5.43 Å². The second-order valence-electron chi connectivity index (χ2n) is 4.06. The molecule has 1 aromatic carbocycles. The number of carboxylic acids is 1. The van der Waals surface area contributed by atoms with Crippen LogP contribution in [-0.2, 0) is 6.54 Å². The summed E-state index contributed by atoms with van der Waals surface area (Å²) in [7, 11) is 0. The first kappa shape index (κ1) is 12.6. The van der Waals surface area contributed by atoms with Crippen molar-refractivity contribution in [2.45, 2.75) is 20.4 Å². The molecule has 0 spiro atoms. The van der Waals surface area contributed by atoms with Crippen LogP contribution in [0.15, 0.2) is 23.0 Å². The Morgan fingerprint density at radius 3 is 2.61 bits per heavy atom. The summed E-state index contributed by atoms with van der Waals surface area (Å²) in [5.41, 5.74) is 1.10. The standard InChI is InChI=1S/C13H12ClNO3/c1-3-15-10(13(17)18)6-11(16)9-5-8(14)4-7(2)12(9)15/h4-6H,3H2,1-2H3,(H,17,18). The maximum atomic E-state index is 11.9. The zero-order valence-electron chi connectivity index (χ0n) is 10.0. The lowest BCUT2D eigenvalue weighted by atomic mass is 10.1. The zero-order chi connectivity index (χ0) is 13.4. The maximum absolute atomic E-state index is 11.9. The van der Waals surface area contributed by atoms with Gasteiger partial charge in [-0.25, -0.2) is 4.79 Å². The fraction of sp³-hybridized carbons (Fsp3) is 0.231. The number of carbonyl (C=O) groups is 1. The Hall–Kier alpha value is -1.81. The van der Waals surface area contributed by atoms with Crippen LogP contribution in [-0.4, -0.2) is 15.6 Å². The van der Waals surface area contributed by atoms with E-state index in [4.69, 9.17) is 16.7 Å². The van der Waals surface area contributed by atoms with Gasteiger partial charge in [0, 0.05) is 23.0 Å². The van der Waals surface area contributed by atoms with Gasteiger partial charge in [0.05, 0.1) is 5.52 Å². The minimum atomic E-state index is -1.11. The molecule has 1 N–H and O–H groups in total. The van der Waals surface area contributed by atoms with Crippen LogP contribution in [0.25, 0.3) is 10.9 Å². The monoisotopic (exact) mass is 265 g/mol. The van der Waals surface area contributed by atoms with E-state index in [2.05, 4.69) is 0 Å². The number of hydrogen-bond acceptors (Lipinski definition) is 2.